The number of anilines is 1. The van der Waals surface area contributed by atoms with Crippen LogP contribution in [0.5, 0.6) is 0 Å². The summed E-state index contributed by atoms with van der Waals surface area (Å²) in [7, 11) is 2.05. The molecule has 2 amide bonds. The van der Waals surface area contributed by atoms with E-state index in [2.05, 4.69) is 50.6 Å². The Morgan fingerprint density at radius 1 is 1.10 bits per heavy atom. The standard InChI is InChI=1S/C25H26N4O/c1-17-10-11-23(18(2)13-17)28-25(30)27-15-21(19-7-6-12-26-14-19)22-16-29(3)24-9-5-4-8-20(22)24/h4-14,16,21H,15H2,1-3H3,(H2,27,28,30). The van der Waals surface area contributed by atoms with Crippen molar-refractivity contribution < 1.29 is 4.79 Å². The first kappa shape index (κ1) is 19.7. The number of pyridine rings is 1. The van der Waals surface area contributed by atoms with E-state index in [-0.39, 0.29) is 11.9 Å². The van der Waals surface area contributed by atoms with Gasteiger partial charge in [0.05, 0.1) is 0 Å². The minimum absolute atomic E-state index is 0.00494. The zero-order valence-corrected chi connectivity index (χ0v) is 17.5. The minimum atomic E-state index is -0.212. The van der Waals surface area contributed by atoms with Gasteiger partial charge in [-0.1, -0.05) is 42.0 Å². The van der Waals surface area contributed by atoms with Gasteiger partial charge in [-0.05, 0) is 48.7 Å². The fraction of sp³-hybridized carbons (Fsp3) is 0.200. The van der Waals surface area contributed by atoms with Crippen molar-refractivity contribution in [1.29, 1.82) is 0 Å². The molecular formula is C25H26N4O. The number of urea groups is 1. The molecule has 0 fully saturated rings. The Kier molecular flexibility index (Phi) is 5.53. The molecule has 4 aromatic rings. The maximum absolute atomic E-state index is 12.6. The third-order valence-corrected chi connectivity index (χ3v) is 5.49. The summed E-state index contributed by atoms with van der Waals surface area (Å²) < 4.78 is 2.13. The molecule has 152 valence electrons. The van der Waals surface area contributed by atoms with Gasteiger partial charge >= 0.3 is 6.03 Å². The molecule has 0 aliphatic heterocycles. The second kappa shape index (κ2) is 8.41. The van der Waals surface area contributed by atoms with Crippen LogP contribution in [0, 0.1) is 13.8 Å². The number of rotatable bonds is 5. The number of hydrogen-bond donors (Lipinski definition) is 2. The van der Waals surface area contributed by atoms with Crippen LogP contribution in [-0.2, 0) is 7.05 Å². The number of amides is 2. The second-order valence-electron chi connectivity index (χ2n) is 7.70. The Hall–Kier alpha value is -3.60. The average molecular weight is 399 g/mol. The van der Waals surface area contributed by atoms with Gasteiger partial charge in [0.25, 0.3) is 0 Å². The van der Waals surface area contributed by atoms with E-state index in [9.17, 15) is 4.79 Å². The van der Waals surface area contributed by atoms with E-state index in [4.69, 9.17) is 0 Å². The highest BCUT2D eigenvalue weighted by Gasteiger charge is 2.20. The molecule has 0 aliphatic carbocycles. The molecule has 2 aromatic heterocycles. The Balaban J connectivity index is 1.59. The van der Waals surface area contributed by atoms with Gasteiger partial charge < -0.3 is 15.2 Å². The number of fused-ring (bicyclic) bond motifs is 1. The molecule has 0 aliphatic rings. The SMILES string of the molecule is Cc1ccc(NC(=O)NCC(c2cccnc2)c2cn(C)c3ccccc23)c(C)c1. The van der Waals surface area contributed by atoms with E-state index in [1.165, 1.54) is 22.0 Å². The van der Waals surface area contributed by atoms with Crippen molar-refractivity contribution in [2.24, 2.45) is 7.05 Å². The van der Waals surface area contributed by atoms with Crippen molar-refractivity contribution in [3.8, 4) is 0 Å². The summed E-state index contributed by atoms with van der Waals surface area (Å²) in [6.45, 7) is 4.51. The zero-order chi connectivity index (χ0) is 21.1. The molecule has 5 nitrogen and oxygen atoms in total. The maximum atomic E-state index is 12.6. The summed E-state index contributed by atoms with van der Waals surface area (Å²) in [5, 5.41) is 7.21. The summed E-state index contributed by atoms with van der Waals surface area (Å²) in [6.07, 6.45) is 5.78. The van der Waals surface area contributed by atoms with Gasteiger partial charge in [-0.25, -0.2) is 4.79 Å². The quantitative estimate of drug-likeness (QED) is 0.489. The van der Waals surface area contributed by atoms with Crippen LogP contribution in [0.25, 0.3) is 10.9 Å². The predicted molar refractivity (Wildman–Crippen MR) is 122 cm³/mol. The number of nitrogens with zero attached hydrogens (tertiary/aromatic N) is 2. The lowest BCUT2D eigenvalue weighted by Crippen LogP contribution is -2.33. The second-order valence-corrected chi connectivity index (χ2v) is 7.70. The minimum Gasteiger partial charge on any atom is -0.350 e. The normalized spacial score (nSPS) is 12.0. The molecule has 1 atom stereocenters. The van der Waals surface area contributed by atoms with Crippen LogP contribution in [0.15, 0.2) is 73.2 Å². The van der Waals surface area contributed by atoms with E-state index in [1.807, 2.05) is 57.4 Å². The lowest BCUT2D eigenvalue weighted by atomic mass is 9.92. The van der Waals surface area contributed by atoms with Crippen LogP contribution in [0.2, 0.25) is 0 Å². The molecule has 0 saturated carbocycles. The van der Waals surface area contributed by atoms with Gasteiger partial charge in [0.1, 0.15) is 0 Å². The molecule has 0 saturated heterocycles. The number of nitrogens with one attached hydrogen (secondary N) is 2. The number of carbonyl (C=O) groups excluding carboxylic acids is 1. The molecular weight excluding hydrogens is 372 g/mol. The summed E-state index contributed by atoms with van der Waals surface area (Å²) in [5.41, 5.74) is 6.45. The molecule has 0 bridgehead atoms. The lowest BCUT2D eigenvalue weighted by Gasteiger charge is -2.18. The molecule has 0 spiro atoms. The van der Waals surface area contributed by atoms with Crippen LogP contribution in [0.1, 0.15) is 28.2 Å². The predicted octanol–water partition coefficient (Wildman–Crippen LogP) is 5.14. The average Bonchev–Trinajstić information content (AvgIpc) is 3.08. The van der Waals surface area contributed by atoms with Gasteiger partial charge in [0.15, 0.2) is 0 Å². The third kappa shape index (κ3) is 4.06. The summed E-state index contributed by atoms with van der Waals surface area (Å²) in [6, 6.07) is 18.1. The number of carbonyl (C=O) groups is 1. The van der Waals surface area contributed by atoms with Crippen molar-refractivity contribution in [2.45, 2.75) is 19.8 Å². The van der Waals surface area contributed by atoms with Crippen LogP contribution in [-0.4, -0.2) is 22.1 Å². The first-order valence-corrected chi connectivity index (χ1v) is 10.1. The van der Waals surface area contributed by atoms with E-state index >= 15 is 0 Å². The van der Waals surface area contributed by atoms with Crippen LogP contribution >= 0.6 is 0 Å². The Morgan fingerprint density at radius 2 is 1.93 bits per heavy atom. The lowest BCUT2D eigenvalue weighted by molar-refractivity contribution is 0.252. The summed E-state index contributed by atoms with van der Waals surface area (Å²) >= 11 is 0. The van der Waals surface area contributed by atoms with Gasteiger partial charge in [-0.2, -0.15) is 0 Å². The number of hydrogen-bond acceptors (Lipinski definition) is 2. The number of benzene rings is 2. The molecule has 30 heavy (non-hydrogen) atoms. The molecule has 2 heterocycles. The van der Waals surface area contributed by atoms with Crippen molar-refractivity contribution >= 4 is 22.6 Å². The Morgan fingerprint density at radius 3 is 2.70 bits per heavy atom. The van der Waals surface area contributed by atoms with E-state index in [0.29, 0.717) is 6.54 Å². The molecule has 5 heteroatoms. The Bertz CT molecular complexity index is 1180. The van der Waals surface area contributed by atoms with Crippen LogP contribution in [0.3, 0.4) is 0 Å². The topological polar surface area (TPSA) is 59.0 Å². The number of para-hydroxylation sites is 1. The van der Waals surface area contributed by atoms with Gasteiger partial charge in [0.2, 0.25) is 0 Å². The fourth-order valence-electron chi connectivity index (χ4n) is 3.96. The van der Waals surface area contributed by atoms with E-state index in [0.717, 1.165) is 16.8 Å². The van der Waals surface area contributed by atoms with Crippen LogP contribution in [0.4, 0.5) is 10.5 Å². The Labute approximate surface area is 176 Å². The zero-order valence-electron chi connectivity index (χ0n) is 17.5. The van der Waals surface area contributed by atoms with Crippen LogP contribution < -0.4 is 10.6 Å². The highest BCUT2D eigenvalue weighted by Crippen LogP contribution is 2.31. The molecule has 0 radical (unpaired) electrons. The highest BCUT2D eigenvalue weighted by atomic mass is 16.2. The maximum Gasteiger partial charge on any atom is 0.319 e. The summed E-state index contributed by atoms with van der Waals surface area (Å²) in [5.74, 6) is -0.00494. The van der Waals surface area contributed by atoms with Gasteiger partial charge in [0, 0.05) is 54.7 Å². The van der Waals surface area contributed by atoms with Gasteiger partial charge in [-0.15, -0.1) is 0 Å². The van der Waals surface area contributed by atoms with E-state index in [1.54, 1.807) is 6.20 Å². The monoisotopic (exact) mass is 398 g/mol. The molecule has 1 unspecified atom stereocenters. The van der Waals surface area contributed by atoms with Crippen molar-refractivity contribution in [3.63, 3.8) is 0 Å². The van der Waals surface area contributed by atoms with Crippen molar-refractivity contribution in [1.82, 2.24) is 14.9 Å². The fourth-order valence-corrected chi connectivity index (χ4v) is 3.96. The summed E-state index contributed by atoms with van der Waals surface area (Å²) in [4.78, 5) is 16.9. The first-order chi connectivity index (χ1) is 14.5. The number of aryl methyl sites for hydroxylation is 3. The largest absolute Gasteiger partial charge is 0.350 e. The van der Waals surface area contributed by atoms with E-state index < -0.39 is 0 Å². The number of aromatic nitrogens is 2. The molecule has 4 rings (SSSR count). The first-order valence-electron chi connectivity index (χ1n) is 10.1. The van der Waals surface area contributed by atoms with Crippen molar-refractivity contribution in [2.75, 3.05) is 11.9 Å². The third-order valence-electron chi connectivity index (χ3n) is 5.49. The van der Waals surface area contributed by atoms with Gasteiger partial charge in [-0.3, -0.25) is 4.98 Å². The molecule has 2 N–H and O–H groups in total. The van der Waals surface area contributed by atoms with Crippen molar-refractivity contribution in [3.05, 3.63) is 95.4 Å². The molecule has 2 aromatic carbocycles. The highest BCUT2D eigenvalue weighted by molar-refractivity contribution is 5.90. The smallest absolute Gasteiger partial charge is 0.319 e.